The molecule has 0 fully saturated rings. The Balaban J connectivity index is 1.90. The van der Waals surface area contributed by atoms with Crippen molar-refractivity contribution >= 4 is 38.7 Å². The van der Waals surface area contributed by atoms with Gasteiger partial charge < -0.3 is 5.32 Å². The van der Waals surface area contributed by atoms with E-state index in [-0.39, 0.29) is 0 Å². The number of hydrogen-bond donors (Lipinski definition) is 1. The monoisotopic (exact) mass is 261 g/mol. The summed E-state index contributed by atoms with van der Waals surface area (Å²) in [4.78, 5) is 9.93. The van der Waals surface area contributed by atoms with Crippen LogP contribution >= 0.6 is 22.7 Å². The van der Waals surface area contributed by atoms with Gasteiger partial charge in [0.2, 0.25) is 0 Å². The molecule has 0 saturated carbocycles. The summed E-state index contributed by atoms with van der Waals surface area (Å²) in [5.74, 6) is 0.932. The zero-order valence-electron chi connectivity index (χ0n) is 9.30. The van der Waals surface area contributed by atoms with Crippen molar-refractivity contribution in [2.45, 2.75) is 13.5 Å². The molecule has 3 heterocycles. The summed E-state index contributed by atoms with van der Waals surface area (Å²) in [5.41, 5.74) is 2.27. The molecule has 0 aliphatic heterocycles. The third-order valence-corrected chi connectivity index (χ3v) is 4.51. The van der Waals surface area contributed by atoms with E-state index in [1.807, 2.05) is 0 Å². The Bertz CT molecular complexity index is 628. The SMILES string of the molecule is Cc1csc2c(NCc3cccs3)ncnc12. The summed E-state index contributed by atoms with van der Waals surface area (Å²) in [6.45, 7) is 2.90. The molecule has 0 spiro atoms. The van der Waals surface area contributed by atoms with Gasteiger partial charge in [0.15, 0.2) is 0 Å². The second-order valence-electron chi connectivity index (χ2n) is 3.75. The number of thiophene rings is 2. The number of hydrogen-bond acceptors (Lipinski definition) is 5. The van der Waals surface area contributed by atoms with Gasteiger partial charge in [0, 0.05) is 4.88 Å². The van der Waals surface area contributed by atoms with Gasteiger partial charge in [0.25, 0.3) is 0 Å². The van der Waals surface area contributed by atoms with Crippen molar-refractivity contribution in [3.8, 4) is 0 Å². The highest BCUT2D eigenvalue weighted by Gasteiger charge is 2.07. The standard InChI is InChI=1S/C12H11N3S2/c1-8-6-17-11-10(8)14-7-15-12(11)13-5-9-3-2-4-16-9/h2-4,6-7H,5H2,1H3,(H,13,14,15). The molecule has 0 aliphatic rings. The van der Waals surface area contributed by atoms with Crippen LogP contribution in [0.5, 0.6) is 0 Å². The smallest absolute Gasteiger partial charge is 0.147 e. The zero-order chi connectivity index (χ0) is 11.7. The second kappa shape index (κ2) is 4.43. The van der Waals surface area contributed by atoms with Gasteiger partial charge in [-0.05, 0) is 29.3 Å². The van der Waals surface area contributed by atoms with Crippen LogP contribution in [0.3, 0.4) is 0 Å². The molecule has 3 rings (SSSR count). The molecule has 5 heteroatoms. The number of rotatable bonds is 3. The van der Waals surface area contributed by atoms with Crippen molar-refractivity contribution in [3.05, 3.63) is 39.7 Å². The van der Waals surface area contributed by atoms with Gasteiger partial charge in [-0.15, -0.1) is 22.7 Å². The topological polar surface area (TPSA) is 37.8 Å². The highest BCUT2D eigenvalue weighted by molar-refractivity contribution is 7.18. The van der Waals surface area contributed by atoms with Crippen LogP contribution in [0.4, 0.5) is 5.82 Å². The first-order valence-corrected chi connectivity index (χ1v) is 7.05. The average molecular weight is 261 g/mol. The highest BCUT2D eigenvalue weighted by Crippen LogP contribution is 2.28. The molecule has 17 heavy (non-hydrogen) atoms. The fourth-order valence-corrected chi connectivity index (χ4v) is 3.29. The second-order valence-corrected chi connectivity index (χ2v) is 5.66. The molecule has 0 aromatic carbocycles. The quantitative estimate of drug-likeness (QED) is 0.781. The molecule has 3 aromatic rings. The molecule has 86 valence electrons. The van der Waals surface area contributed by atoms with E-state index in [0.717, 1.165) is 22.6 Å². The Morgan fingerprint density at radius 3 is 3.06 bits per heavy atom. The summed E-state index contributed by atoms with van der Waals surface area (Å²) in [6.07, 6.45) is 1.62. The normalized spacial score (nSPS) is 10.9. The van der Waals surface area contributed by atoms with Crippen molar-refractivity contribution < 1.29 is 0 Å². The average Bonchev–Trinajstić information content (AvgIpc) is 2.97. The maximum Gasteiger partial charge on any atom is 0.147 e. The van der Waals surface area contributed by atoms with Crippen LogP contribution in [0.15, 0.2) is 29.2 Å². The van der Waals surface area contributed by atoms with Crippen LogP contribution < -0.4 is 5.32 Å². The van der Waals surface area contributed by atoms with E-state index in [1.165, 1.54) is 10.4 Å². The van der Waals surface area contributed by atoms with Gasteiger partial charge in [-0.1, -0.05) is 6.07 Å². The van der Waals surface area contributed by atoms with Gasteiger partial charge >= 0.3 is 0 Å². The maximum absolute atomic E-state index is 4.31. The molecule has 0 radical (unpaired) electrons. The lowest BCUT2D eigenvalue weighted by atomic mass is 10.3. The molecular weight excluding hydrogens is 250 g/mol. The van der Waals surface area contributed by atoms with Crippen LogP contribution in [0.25, 0.3) is 10.2 Å². The van der Waals surface area contributed by atoms with E-state index in [0.29, 0.717) is 0 Å². The van der Waals surface area contributed by atoms with Gasteiger partial charge in [-0.25, -0.2) is 9.97 Å². The molecule has 3 aromatic heterocycles. The maximum atomic E-state index is 4.31. The zero-order valence-corrected chi connectivity index (χ0v) is 10.9. The van der Waals surface area contributed by atoms with Crippen molar-refractivity contribution in [1.29, 1.82) is 0 Å². The molecule has 1 N–H and O–H groups in total. The third-order valence-electron chi connectivity index (χ3n) is 2.54. The first kappa shape index (κ1) is 10.7. The molecule has 0 bridgehead atoms. The van der Waals surface area contributed by atoms with Crippen molar-refractivity contribution in [2.24, 2.45) is 0 Å². The number of nitrogens with zero attached hydrogens (tertiary/aromatic N) is 2. The Labute approximate surface area is 107 Å². The molecule has 3 nitrogen and oxygen atoms in total. The lowest BCUT2D eigenvalue weighted by molar-refractivity contribution is 1.13. The first-order chi connectivity index (χ1) is 8.34. The van der Waals surface area contributed by atoms with Gasteiger partial charge in [0.1, 0.15) is 12.1 Å². The Kier molecular flexibility index (Phi) is 2.78. The molecular formula is C12H11N3S2. The minimum absolute atomic E-state index is 0.820. The van der Waals surface area contributed by atoms with E-state index in [9.17, 15) is 0 Å². The highest BCUT2D eigenvalue weighted by atomic mass is 32.1. The van der Waals surface area contributed by atoms with E-state index >= 15 is 0 Å². The first-order valence-electron chi connectivity index (χ1n) is 5.29. The number of nitrogens with one attached hydrogen (secondary N) is 1. The Hall–Kier alpha value is -1.46. The van der Waals surface area contributed by atoms with E-state index in [2.05, 4.69) is 45.1 Å². The Morgan fingerprint density at radius 1 is 1.29 bits per heavy atom. The van der Waals surface area contributed by atoms with E-state index in [1.54, 1.807) is 29.0 Å². The number of aryl methyl sites for hydroxylation is 1. The molecule has 0 saturated heterocycles. The number of anilines is 1. The molecule has 0 atom stereocenters. The third kappa shape index (κ3) is 2.03. The van der Waals surface area contributed by atoms with E-state index < -0.39 is 0 Å². The Morgan fingerprint density at radius 2 is 2.24 bits per heavy atom. The summed E-state index contributed by atoms with van der Waals surface area (Å²) in [6, 6.07) is 4.18. The van der Waals surface area contributed by atoms with Crippen molar-refractivity contribution in [3.63, 3.8) is 0 Å². The number of fused-ring (bicyclic) bond motifs is 1. The van der Waals surface area contributed by atoms with Crippen LogP contribution in [0.2, 0.25) is 0 Å². The van der Waals surface area contributed by atoms with Crippen molar-refractivity contribution in [1.82, 2.24) is 9.97 Å². The predicted molar refractivity (Wildman–Crippen MR) is 73.8 cm³/mol. The van der Waals surface area contributed by atoms with Gasteiger partial charge in [-0.3, -0.25) is 0 Å². The minimum atomic E-state index is 0.820. The van der Waals surface area contributed by atoms with Crippen LogP contribution in [0, 0.1) is 6.92 Å². The largest absolute Gasteiger partial charge is 0.364 e. The fourth-order valence-electron chi connectivity index (χ4n) is 1.68. The van der Waals surface area contributed by atoms with Crippen LogP contribution in [0.1, 0.15) is 10.4 Å². The van der Waals surface area contributed by atoms with Crippen LogP contribution in [-0.4, -0.2) is 9.97 Å². The summed E-state index contributed by atoms with van der Waals surface area (Å²) < 4.78 is 1.14. The van der Waals surface area contributed by atoms with Crippen molar-refractivity contribution in [2.75, 3.05) is 5.32 Å². The van der Waals surface area contributed by atoms with Gasteiger partial charge in [-0.2, -0.15) is 0 Å². The summed E-state index contributed by atoms with van der Waals surface area (Å²) >= 11 is 3.44. The molecule has 0 aliphatic carbocycles. The summed E-state index contributed by atoms with van der Waals surface area (Å²) in [7, 11) is 0. The fraction of sp³-hybridized carbons (Fsp3) is 0.167. The molecule has 0 unspecified atom stereocenters. The predicted octanol–water partition coefficient (Wildman–Crippen LogP) is 3.67. The summed E-state index contributed by atoms with van der Waals surface area (Å²) in [5, 5.41) is 7.58. The lowest BCUT2D eigenvalue weighted by Crippen LogP contribution is -2.00. The molecule has 0 amide bonds. The van der Waals surface area contributed by atoms with E-state index in [4.69, 9.17) is 0 Å². The minimum Gasteiger partial charge on any atom is -0.364 e. The van der Waals surface area contributed by atoms with Crippen LogP contribution in [-0.2, 0) is 6.54 Å². The lowest BCUT2D eigenvalue weighted by Gasteiger charge is -2.04. The van der Waals surface area contributed by atoms with Gasteiger partial charge in [0.05, 0.1) is 16.8 Å². The number of aromatic nitrogens is 2.